The second-order valence-electron chi connectivity index (χ2n) is 5.82. The van der Waals surface area contributed by atoms with Crippen LogP contribution in [0.3, 0.4) is 0 Å². The van der Waals surface area contributed by atoms with E-state index >= 15 is 0 Å². The summed E-state index contributed by atoms with van der Waals surface area (Å²) in [6.07, 6.45) is 5.45. The summed E-state index contributed by atoms with van der Waals surface area (Å²) in [5.74, 6) is 1.32. The average molecular weight is 324 g/mol. The number of hydrogen-bond donors (Lipinski definition) is 0. The molecule has 122 valence electrons. The van der Waals surface area contributed by atoms with Gasteiger partial charge < -0.3 is 9.64 Å². The molecule has 0 N–H and O–H groups in total. The first-order chi connectivity index (χ1) is 11.8. The number of benzene rings is 1. The molecule has 3 heterocycles. The molecule has 0 bridgehead atoms. The highest BCUT2D eigenvalue weighted by atomic mass is 19.1. The molecule has 1 aromatic carbocycles. The molecule has 1 atom stereocenters. The van der Waals surface area contributed by atoms with Crippen LogP contribution in [0.5, 0.6) is 5.75 Å². The number of fused-ring (bicyclic) bond motifs is 1. The van der Waals surface area contributed by atoms with E-state index < -0.39 is 0 Å². The van der Waals surface area contributed by atoms with Crippen LogP contribution in [-0.2, 0) is 0 Å². The lowest BCUT2D eigenvalue weighted by Crippen LogP contribution is -2.34. The van der Waals surface area contributed by atoms with E-state index in [2.05, 4.69) is 19.9 Å². The summed E-state index contributed by atoms with van der Waals surface area (Å²) in [5, 5.41) is 0. The van der Waals surface area contributed by atoms with Crippen LogP contribution in [0.4, 0.5) is 10.2 Å². The first-order valence-electron chi connectivity index (χ1n) is 8.02. The van der Waals surface area contributed by atoms with Crippen molar-refractivity contribution in [3.05, 3.63) is 54.6 Å². The van der Waals surface area contributed by atoms with E-state index in [9.17, 15) is 4.39 Å². The molecule has 3 aromatic rings. The molecule has 1 saturated heterocycles. The molecule has 0 aliphatic carbocycles. The second kappa shape index (κ2) is 6.39. The fraction of sp³-hybridized carbons (Fsp3) is 0.278. The smallest absolute Gasteiger partial charge is 0.180 e. The Hall–Kier alpha value is -2.76. The van der Waals surface area contributed by atoms with Gasteiger partial charge in [-0.3, -0.25) is 4.98 Å². The van der Waals surface area contributed by atoms with Gasteiger partial charge >= 0.3 is 0 Å². The standard InChI is InChI=1S/C18H17FN4O/c19-13-3-5-15(6-4-13)24-12-14-2-1-11-23(14)17-8-7-16-18(22-17)21-10-9-20-16/h3-10,14H,1-2,11-12H2/t14-/m0/s1. The Morgan fingerprint density at radius 1 is 1.08 bits per heavy atom. The average Bonchev–Trinajstić information content (AvgIpc) is 3.09. The molecule has 6 heteroatoms. The maximum Gasteiger partial charge on any atom is 0.180 e. The number of ether oxygens (including phenoxy) is 1. The summed E-state index contributed by atoms with van der Waals surface area (Å²) in [7, 11) is 0. The monoisotopic (exact) mass is 324 g/mol. The Morgan fingerprint density at radius 3 is 2.79 bits per heavy atom. The highest BCUT2D eigenvalue weighted by molar-refractivity contribution is 5.71. The van der Waals surface area contributed by atoms with E-state index in [0.29, 0.717) is 18.0 Å². The van der Waals surface area contributed by atoms with Crippen LogP contribution in [0.25, 0.3) is 11.2 Å². The van der Waals surface area contributed by atoms with Crippen LogP contribution in [0.1, 0.15) is 12.8 Å². The van der Waals surface area contributed by atoms with Crippen molar-refractivity contribution in [2.75, 3.05) is 18.1 Å². The molecule has 5 nitrogen and oxygen atoms in total. The van der Waals surface area contributed by atoms with Crippen LogP contribution in [0.15, 0.2) is 48.8 Å². The van der Waals surface area contributed by atoms with Gasteiger partial charge in [0.2, 0.25) is 0 Å². The fourth-order valence-corrected chi connectivity index (χ4v) is 3.04. The van der Waals surface area contributed by atoms with E-state index in [-0.39, 0.29) is 11.9 Å². The first-order valence-corrected chi connectivity index (χ1v) is 8.02. The highest BCUT2D eigenvalue weighted by Crippen LogP contribution is 2.25. The van der Waals surface area contributed by atoms with Crippen molar-refractivity contribution in [1.29, 1.82) is 0 Å². The van der Waals surface area contributed by atoms with E-state index in [0.717, 1.165) is 30.7 Å². The lowest BCUT2D eigenvalue weighted by atomic mass is 10.2. The minimum Gasteiger partial charge on any atom is -0.491 e. The van der Waals surface area contributed by atoms with Crippen molar-refractivity contribution >= 4 is 17.0 Å². The van der Waals surface area contributed by atoms with Gasteiger partial charge in [-0.25, -0.2) is 14.4 Å². The quantitative estimate of drug-likeness (QED) is 0.737. The molecule has 1 aliphatic rings. The highest BCUT2D eigenvalue weighted by Gasteiger charge is 2.26. The molecule has 24 heavy (non-hydrogen) atoms. The van der Waals surface area contributed by atoms with Gasteiger partial charge in [0.1, 0.15) is 29.5 Å². The van der Waals surface area contributed by atoms with Gasteiger partial charge in [-0.15, -0.1) is 0 Å². The maximum atomic E-state index is 13.0. The molecular formula is C18H17FN4O. The molecule has 2 aromatic heterocycles. The van der Waals surface area contributed by atoms with Gasteiger partial charge in [0, 0.05) is 18.9 Å². The van der Waals surface area contributed by atoms with Gasteiger partial charge in [0.25, 0.3) is 0 Å². The van der Waals surface area contributed by atoms with Crippen LogP contribution in [-0.4, -0.2) is 34.1 Å². The number of halogens is 1. The number of rotatable bonds is 4. The Balaban J connectivity index is 1.50. The zero-order valence-electron chi connectivity index (χ0n) is 13.1. The molecule has 0 spiro atoms. The lowest BCUT2D eigenvalue weighted by molar-refractivity contribution is 0.288. The number of hydrogen-bond acceptors (Lipinski definition) is 5. The van der Waals surface area contributed by atoms with Crippen molar-refractivity contribution in [1.82, 2.24) is 15.0 Å². The Labute approximate surface area is 139 Å². The zero-order valence-corrected chi connectivity index (χ0v) is 13.1. The summed E-state index contributed by atoms with van der Waals surface area (Å²) in [6.45, 7) is 1.49. The fourth-order valence-electron chi connectivity index (χ4n) is 3.04. The van der Waals surface area contributed by atoms with E-state index in [4.69, 9.17) is 4.74 Å². The summed E-state index contributed by atoms with van der Waals surface area (Å²) >= 11 is 0. The molecule has 0 unspecified atom stereocenters. The predicted octanol–water partition coefficient (Wildman–Crippen LogP) is 3.21. The number of pyridine rings is 1. The maximum absolute atomic E-state index is 13.0. The predicted molar refractivity (Wildman–Crippen MR) is 89.6 cm³/mol. The third kappa shape index (κ3) is 2.99. The number of anilines is 1. The topological polar surface area (TPSA) is 51.1 Å². The minimum absolute atomic E-state index is 0.247. The molecule has 0 radical (unpaired) electrons. The summed E-state index contributed by atoms with van der Waals surface area (Å²) in [4.78, 5) is 15.4. The van der Waals surface area contributed by atoms with Crippen LogP contribution < -0.4 is 9.64 Å². The molecule has 0 amide bonds. The molecule has 1 aliphatic heterocycles. The number of nitrogens with zero attached hydrogens (tertiary/aromatic N) is 4. The molecule has 0 saturated carbocycles. The van der Waals surface area contributed by atoms with Crippen LogP contribution >= 0.6 is 0 Å². The van der Waals surface area contributed by atoms with Gasteiger partial charge in [0.05, 0.1) is 6.04 Å². The van der Waals surface area contributed by atoms with E-state index in [1.165, 1.54) is 12.1 Å². The van der Waals surface area contributed by atoms with Gasteiger partial charge in [-0.05, 0) is 49.2 Å². The van der Waals surface area contributed by atoms with E-state index in [1.54, 1.807) is 24.5 Å². The normalized spacial score (nSPS) is 17.4. The summed E-state index contributed by atoms with van der Waals surface area (Å²) in [6, 6.07) is 10.3. The Morgan fingerprint density at radius 2 is 1.92 bits per heavy atom. The summed E-state index contributed by atoms with van der Waals surface area (Å²) < 4.78 is 18.8. The van der Waals surface area contributed by atoms with Crippen molar-refractivity contribution in [3.63, 3.8) is 0 Å². The minimum atomic E-state index is -0.258. The second-order valence-corrected chi connectivity index (χ2v) is 5.82. The third-order valence-corrected chi connectivity index (χ3v) is 4.24. The van der Waals surface area contributed by atoms with E-state index in [1.807, 2.05) is 12.1 Å². The van der Waals surface area contributed by atoms with Crippen LogP contribution in [0, 0.1) is 5.82 Å². The van der Waals surface area contributed by atoms with Crippen molar-refractivity contribution in [3.8, 4) is 5.75 Å². The first kappa shape index (κ1) is 14.8. The van der Waals surface area contributed by atoms with Crippen molar-refractivity contribution in [2.45, 2.75) is 18.9 Å². The van der Waals surface area contributed by atoms with Gasteiger partial charge in [-0.1, -0.05) is 0 Å². The number of aromatic nitrogens is 3. The van der Waals surface area contributed by atoms with Crippen molar-refractivity contribution in [2.24, 2.45) is 0 Å². The largest absolute Gasteiger partial charge is 0.491 e. The Bertz CT molecular complexity index is 840. The summed E-state index contributed by atoms with van der Waals surface area (Å²) in [5.41, 5.74) is 1.44. The Kier molecular flexibility index (Phi) is 3.94. The zero-order chi connectivity index (χ0) is 16.4. The lowest BCUT2D eigenvalue weighted by Gasteiger charge is -2.25. The molecule has 1 fully saturated rings. The van der Waals surface area contributed by atoms with Gasteiger partial charge in [0.15, 0.2) is 5.65 Å². The molecular weight excluding hydrogens is 307 g/mol. The molecule has 4 rings (SSSR count). The SMILES string of the molecule is Fc1ccc(OC[C@@H]2CCCN2c2ccc3nccnc3n2)cc1. The van der Waals surface area contributed by atoms with Gasteiger partial charge in [-0.2, -0.15) is 0 Å². The van der Waals surface area contributed by atoms with Crippen LogP contribution in [0.2, 0.25) is 0 Å². The third-order valence-electron chi connectivity index (χ3n) is 4.24. The van der Waals surface area contributed by atoms with Crippen molar-refractivity contribution < 1.29 is 9.13 Å².